The molecule has 2 N–H and O–H groups in total. The fourth-order valence-electron chi connectivity index (χ4n) is 0.944. The van der Waals surface area contributed by atoms with Crippen LogP contribution in [0.15, 0.2) is 24.3 Å². The second-order valence-corrected chi connectivity index (χ2v) is 3.63. The minimum Gasteiger partial charge on any atom is -0.484 e. The van der Waals surface area contributed by atoms with Gasteiger partial charge in [-0.25, -0.2) is 0 Å². The van der Waals surface area contributed by atoms with E-state index in [1.54, 1.807) is 31.2 Å². The first kappa shape index (κ1) is 13.3. The Hall–Kier alpha value is -1.75. The lowest BCUT2D eigenvalue weighted by atomic mass is 10.3. The zero-order chi connectivity index (χ0) is 12.7. The minimum absolute atomic E-state index is 0.175. The van der Waals surface area contributed by atoms with Crippen molar-refractivity contribution in [3.05, 3.63) is 29.3 Å². The summed E-state index contributed by atoms with van der Waals surface area (Å²) in [6.07, 6.45) is 0.304. The first-order valence-corrected chi connectivity index (χ1v) is 5.45. The van der Waals surface area contributed by atoms with Crippen molar-refractivity contribution in [2.24, 2.45) is 0 Å². The summed E-state index contributed by atoms with van der Waals surface area (Å²) in [6, 6.07) is 6.63. The number of benzene rings is 1. The van der Waals surface area contributed by atoms with E-state index in [0.29, 0.717) is 17.2 Å². The van der Waals surface area contributed by atoms with Crippen LogP contribution in [0.1, 0.15) is 13.3 Å². The molecule has 0 spiro atoms. The molecule has 0 saturated heterocycles. The highest BCUT2D eigenvalue weighted by Gasteiger charge is 2.03. The maximum atomic E-state index is 11.2. The van der Waals surface area contributed by atoms with E-state index in [9.17, 15) is 9.59 Å². The van der Waals surface area contributed by atoms with Gasteiger partial charge in [0.2, 0.25) is 5.91 Å². The maximum Gasteiger partial charge on any atom is 0.276 e. The molecule has 0 fully saturated rings. The summed E-state index contributed by atoms with van der Waals surface area (Å²) in [4.78, 5) is 22.1. The lowest BCUT2D eigenvalue weighted by molar-refractivity contribution is -0.129. The fraction of sp³-hybridized carbons (Fsp3) is 0.273. The average molecular weight is 257 g/mol. The molecular weight excluding hydrogens is 244 g/mol. The Labute approximate surface area is 104 Å². The third-order valence-electron chi connectivity index (χ3n) is 1.85. The van der Waals surface area contributed by atoms with Gasteiger partial charge in [0.15, 0.2) is 6.61 Å². The van der Waals surface area contributed by atoms with Crippen LogP contribution in [0.25, 0.3) is 0 Å². The van der Waals surface area contributed by atoms with Crippen LogP contribution in [-0.2, 0) is 9.59 Å². The largest absolute Gasteiger partial charge is 0.484 e. The molecule has 1 aromatic rings. The Balaban J connectivity index is 2.28. The smallest absolute Gasteiger partial charge is 0.276 e. The maximum absolute atomic E-state index is 11.2. The normalized spacial score (nSPS) is 9.53. The highest BCUT2D eigenvalue weighted by atomic mass is 35.5. The van der Waals surface area contributed by atoms with E-state index in [1.165, 1.54) is 0 Å². The molecule has 0 radical (unpaired) electrons. The Morgan fingerprint density at radius 3 is 2.35 bits per heavy atom. The molecule has 1 aromatic carbocycles. The van der Waals surface area contributed by atoms with Crippen LogP contribution >= 0.6 is 11.6 Å². The lowest BCUT2D eigenvalue weighted by Gasteiger charge is -2.07. The van der Waals surface area contributed by atoms with Gasteiger partial charge in [-0.05, 0) is 24.3 Å². The highest BCUT2D eigenvalue weighted by Crippen LogP contribution is 2.15. The molecule has 5 nitrogen and oxygen atoms in total. The van der Waals surface area contributed by atoms with Crippen molar-refractivity contribution >= 4 is 23.4 Å². The number of carbonyl (C=O) groups excluding carboxylic acids is 2. The van der Waals surface area contributed by atoms with Gasteiger partial charge in [0.25, 0.3) is 5.91 Å². The molecule has 0 bridgehead atoms. The molecule has 0 atom stereocenters. The summed E-state index contributed by atoms with van der Waals surface area (Å²) >= 11 is 5.69. The van der Waals surface area contributed by atoms with Gasteiger partial charge in [-0.15, -0.1) is 0 Å². The predicted octanol–water partition coefficient (Wildman–Crippen LogP) is 1.28. The second kappa shape index (κ2) is 6.75. The number of halogens is 1. The van der Waals surface area contributed by atoms with Crippen molar-refractivity contribution in [3.8, 4) is 5.75 Å². The lowest BCUT2D eigenvalue weighted by Crippen LogP contribution is -2.43. The molecule has 0 aromatic heterocycles. The standard InChI is InChI=1S/C11H13ClN2O3/c1-2-10(15)13-14-11(16)7-17-9-5-3-8(12)4-6-9/h3-6H,2,7H2,1H3,(H,13,15)(H,14,16). The first-order valence-electron chi connectivity index (χ1n) is 5.08. The summed E-state index contributed by atoms with van der Waals surface area (Å²) in [5, 5.41) is 0.594. The SMILES string of the molecule is CCC(=O)NNC(=O)COc1ccc(Cl)cc1. The van der Waals surface area contributed by atoms with Crippen LogP contribution in [0.3, 0.4) is 0 Å². The number of hydrogen-bond acceptors (Lipinski definition) is 3. The zero-order valence-corrected chi connectivity index (χ0v) is 10.1. The summed E-state index contributed by atoms with van der Waals surface area (Å²) < 4.78 is 5.17. The van der Waals surface area contributed by atoms with E-state index in [-0.39, 0.29) is 12.5 Å². The second-order valence-electron chi connectivity index (χ2n) is 3.19. The number of ether oxygens (including phenoxy) is 1. The Kier molecular flexibility index (Phi) is 5.29. The fourth-order valence-corrected chi connectivity index (χ4v) is 1.07. The van der Waals surface area contributed by atoms with Crippen LogP contribution in [0.5, 0.6) is 5.75 Å². The van der Waals surface area contributed by atoms with Crippen LogP contribution in [0.4, 0.5) is 0 Å². The van der Waals surface area contributed by atoms with E-state index < -0.39 is 5.91 Å². The summed E-state index contributed by atoms with van der Waals surface area (Å²) in [5.74, 6) is -0.155. The van der Waals surface area contributed by atoms with Gasteiger partial charge in [-0.1, -0.05) is 18.5 Å². The number of hydrazine groups is 1. The van der Waals surface area contributed by atoms with Crippen LogP contribution in [0.2, 0.25) is 5.02 Å². The molecule has 2 amide bonds. The molecule has 0 saturated carbocycles. The number of carbonyl (C=O) groups is 2. The van der Waals surface area contributed by atoms with Crippen LogP contribution in [0, 0.1) is 0 Å². The van der Waals surface area contributed by atoms with Gasteiger partial charge in [0, 0.05) is 11.4 Å². The van der Waals surface area contributed by atoms with E-state index in [2.05, 4.69) is 10.9 Å². The third-order valence-corrected chi connectivity index (χ3v) is 2.10. The van der Waals surface area contributed by atoms with E-state index in [0.717, 1.165) is 0 Å². The zero-order valence-electron chi connectivity index (χ0n) is 9.33. The molecule has 0 unspecified atom stereocenters. The van der Waals surface area contributed by atoms with Crippen molar-refractivity contribution < 1.29 is 14.3 Å². The van der Waals surface area contributed by atoms with Crippen LogP contribution in [-0.4, -0.2) is 18.4 Å². The minimum atomic E-state index is -0.429. The topological polar surface area (TPSA) is 67.4 Å². The van der Waals surface area contributed by atoms with Gasteiger partial charge < -0.3 is 4.74 Å². The molecule has 1 rings (SSSR count). The summed E-state index contributed by atoms with van der Waals surface area (Å²) in [5.41, 5.74) is 4.46. The average Bonchev–Trinajstić information content (AvgIpc) is 2.35. The highest BCUT2D eigenvalue weighted by molar-refractivity contribution is 6.30. The number of rotatable bonds is 4. The van der Waals surface area contributed by atoms with Gasteiger partial charge in [-0.2, -0.15) is 0 Å². The van der Waals surface area contributed by atoms with Gasteiger partial charge >= 0.3 is 0 Å². The van der Waals surface area contributed by atoms with Crippen molar-refractivity contribution in [1.29, 1.82) is 0 Å². The van der Waals surface area contributed by atoms with Crippen molar-refractivity contribution in [2.75, 3.05) is 6.61 Å². The molecule has 0 aliphatic rings. The van der Waals surface area contributed by atoms with Crippen molar-refractivity contribution in [3.63, 3.8) is 0 Å². The summed E-state index contributed by atoms with van der Waals surface area (Å²) in [6.45, 7) is 1.51. The third kappa shape index (κ3) is 5.21. The molecule has 92 valence electrons. The van der Waals surface area contributed by atoms with E-state index in [4.69, 9.17) is 16.3 Å². The number of hydrogen-bond donors (Lipinski definition) is 2. The predicted molar refractivity (Wildman–Crippen MR) is 63.5 cm³/mol. The molecular formula is C11H13ClN2O3. The Bertz CT molecular complexity index is 392. The molecule has 17 heavy (non-hydrogen) atoms. The van der Waals surface area contributed by atoms with Crippen LogP contribution < -0.4 is 15.6 Å². The van der Waals surface area contributed by atoms with Gasteiger partial charge in [-0.3, -0.25) is 20.4 Å². The van der Waals surface area contributed by atoms with Crippen molar-refractivity contribution in [1.82, 2.24) is 10.9 Å². The Morgan fingerprint density at radius 2 is 1.76 bits per heavy atom. The van der Waals surface area contributed by atoms with Crippen molar-refractivity contribution in [2.45, 2.75) is 13.3 Å². The van der Waals surface area contributed by atoms with E-state index >= 15 is 0 Å². The molecule has 6 heteroatoms. The molecule has 0 aliphatic carbocycles. The number of amides is 2. The van der Waals surface area contributed by atoms with E-state index in [1.807, 2.05) is 0 Å². The monoisotopic (exact) mass is 256 g/mol. The quantitative estimate of drug-likeness (QED) is 0.798. The van der Waals surface area contributed by atoms with Gasteiger partial charge in [0.05, 0.1) is 0 Å². The summed E-state index contributed by atoms with van der Waals surface area (Å²) in [7, 11) is 0. The number of nitrogens with one attached hydrogen (secondary N) is 2. The van der Waals surface area contributed by atoms with Gasteiger partial charge in [0.1, 0.15) is 5.75 Å². The molecule has 0 aliphatic heterocycles. The Morgan fingerprint density at radius 1 is 1.18 bits per heavy atom. The first-order chi connectivity index (χ1) is 8.11. The molecule has 0 heterocycles.